The van der Waals surface area contributed by atoms with Gasteiger partial charge in [-0.3, -0.25) is 4.79 Å². The maximum absolute atomic E-state index is 11.5. The molecule has 1 aliphatic carbocycles. The average molecular weight is 567 g/mol. The predicted octanol–water partition coefficient (Wildman–Crippen LogP) is 8.14. The van der Waals surface area contributed by atoms with Gasteiger partial charge in [-0.05, 0) is 85.5 Å². The number of carbonyl (C=O) groups is 1. The SMILES string of the molecule is CCCCN(Cc1ccccc1)c1cc(-c2nc(CCOc3ccc4c(c3)CC[C@H]4[C@H](C)C(=O)O)c(C)o2)ccc1C. The summed E-state index contributed by atoms with van der Waals surface area (Å²) in [6.45, 7) is 10.5. The molecule has 0 bridgehead atoms. The van der Waals surface area contributed by atoms with Crippen molar-refractivity contribution in [3.05, 3.63) is 100 Å². The standard InChI is InChI=1S/C36H42N2O4/c1-5-6-19-38(23-27-10-8-7-9-11-27)34-22-29(13-12-24(34)2)35-37-33(26(4)42-35)18-20-41-30-15-17-32-28(21-30)14-16-31(32)25(3)36(39)40/h7-13,15,17,21-22,25,31H,5-6,14,16,18-20,23H2,1-4H3,(H,39,40)/t25-,31-/m0/s1. The summed E-state index contributed by atoms with van der Waals surface area (Å²) in [5.74, 6) is 1.21. The summed E-state index contributed by atoms with van der Waals surface area (Å²) in [4.78, 5) is 18.8. The maximum atomic E-state index is 11.5. The number of benzene rings is 3. The minimum atomic E-state index is -0.738. The molecule has 1 aliphatic rings. The van der Waals surface area contributed by atoms with Gasteiger partial charge in [0.25, 0.3) is 0 Å². The van der Waals surface area contributed by atoms with E-state index >= 15 is 0 Å². The summed E-state index contributed by atoms with van der Waals surface area (Å²) in [5.41, 5.74) is 7.96. The lowest BCUT2D eigenvalue weighted by molar-refractivity contribution is -0.141. The highest BCUT2D eigenvalue weighted by Crippen LogP contribution is 2.40. The zero-order valence-electron chi connectivity index (χ0n) is 25.2. The van der Waals surface area contributed by atoms with Gasteiger partial charge in [0.2, 0.25) is 5.89 Å². The molecule has 6 nitrogen and oxygen atoms in total. The zero-order chi connectivity index (χ0) is 29.6. The Morgan fingerprint density at radius 3 is 2.69 bits per heavy atom. The summed E-state index contributed by atoms with van der Waals surface area (Å²) in [7, 11) is 0. The number of rotatable bonds is 13. The van der Waals surface area contributed by atoms with Gasteiger partial charge in [-0.2, -0.15) is 0 Å². The molecule has 1 N–H and O–H groups in total. The molecule has 0 saturated heterocycles. The number of oxazole rings is 1. The van der Waals surface area contributed by atoms with Gasteiger partial charge in [-0.1, -0.05) is 62.7 Å². The lowest BCUT2D eigenvalue weighted by Crippen LogP contribution is -2.24. The Morgan fingerprint density at radius 2 is 1.93 bits per heavy atom. The van der Waals surface area contributed by atoms with E-state index in [1.54, 1.807) is 6.92 Å². The molecule has 0 unspecified atom stereocenters. The topological polar surface area (TPSA) is 75.8 Å². The number of ether oxygens (including phenoxy) is 1. The fourth-order valence-corrected chi connectivity index (χ4v) is 5.98. The molecule has 0 spiro atoms. The third-order valence-electron chi connectivity index (χ3n) is 8.53. The molecule has 2 atom stereocenters. The summed E-state index contributed by atoms with van der Waals surface area (Å²) in [6, 6.07) is 23.1. The Balaban J connectivity index is 1.26. The number of hydrogen-bond donors (Lipinski definition) is 1. The van der Waals surface area contributed by atoms with E-state index in [1.807, 2.05) is 19.1 Å². The van der Waals surface area contributed by atoms with Crippen molar-refractivity contribution in [3.63, 3.8) is 0 Å². The first-order valence-corrected chi connectivity index (χ1v) is 15.2. The molecule has 1 aromatic heterocycles. The van der Waals surface area contributed by atoms with E-state index in [-0.39, 0.29) is 11.8 Å². The summed E-state index contributed by atoms with van der Waals surface area (Å²) >= 11 is 0. The van der Waals surface area contributed by atoms with E-state index in [4.69, 9.17) is 14.1 Å². The molecule has 1 heterocycles. The third-order valence-corrected chi connectivity index (χ3v) is 8.53. The van der Waals surface area contributed by atoms with Gasteiger partial charge in [0.1, 0.15) is 11.5 Å². The van der Waals surface area contributed by atoms with Gasteiger partial charge in [0, 0.05) is 30.8 Å². The highest BCUT2D eigenvalue weighted by atomic mass is 16.5. The smallest absolute Gasteiger partial charge is 0.306 e. The monoisotopic (exact) mass is 566 g/mol. The Labute approximate surface area is 249 Å². The Morgan fingerprint density at radius 1 is 1.12 bits per heavy atom. The molecule has 0 aliphatic heterocycles. The number of nitrogens with zero attached hydrogens (tertiary/aromatic N) is 2. The molecule has 0 fully saturated rings. The first kappa shape index (κ1) is 29.4. The van der Waals surface area contributed by atoms with E-state index in [1.165, 1.54) is 22.4 Å². The molecule has 42 heavy (non-hydrogen) atoms. The Hall–Kier alpha value is -4.06. The fourth-order valence-electron chi connectivity index (χ4n) is 5.98. The quantitative estimate of drug-likeness (QED) is 0.176. The van der Waals surface area contributed by atoms with Crippen LogP contribution in [0.15, 0.2) is 71.1 Å². The molecule has 0 saturated carbocycles. The second kappa shape index (κ2) is 13.3. The number of unbranched alkanes of at least 4 members (excludes halogenated alkanes) is 1. The highest BCUT2D eigenvalue weighted by molar-refractivity contribution is 5.71. The van der Waals surface area contributed by atoms with E-state index in [9.17, 15) is 9.90 Å². The van der Waals surface area contributed by atoms with E-state index in [0.29, 0.717) is 18.9 Å². The van der Waals surface area contributed by atoms with Crippen molar-refractivity contribution in [2.45, 2.75) is 72.3 Å². The van der Waals surface area contributed by atoms with Crippen LogP contribution in [0, 0.1) is 19.8 Å². The van der Waals surface area contributed by atoms with Crippen molar-refractivity contribution in [2.75, 3.05) is 18.1 Å². The molecule has 0 amide bonds. The molecule has 0 radical (unpaired) electrons. The molecule has 3 aromatic carbocycles. The van der Waals surface area contributed by atoms with Gasteiger partial charge >= 0.3 is 5.97 Å². The van der Waals surface area contributed by atoms with Gasteiger partial charge in [0.05, 0.1) is 18.2 Å². The van der Waals surface area contributed by atoms with Crippen molar-refractivity contribution in [3.8, 4) is 17.2 Å². The van der Waals surface area contributed by atoms with Crippen LogP contribution in [-0.2, 0) is 24.2 Å². The summed E-state index contributed by atoms with van der Waals surface area (Å²) in [5, 5.41) is 9.44. The van der Waals surface area contributed by atoms with Crippen LogP contribution in [0.5, 0.6) is 5.75 Å². The summed E-state index contributed by atoms with van der Waals surface area (Å²) < 4.78 is 12.3. The molecular weight excluding hydrogens is 524 g/mol. The second-order valence-electron chi connectivity index (χ2n) is 11.5. The Kier molecular flexibility index (Phi) is 9.31. The predicted molar refractivity (Wildman–Crippen MR) is 167 cm³/mol. The maximum Gasteiger partial charge on any atom is 0.306 e. The fraction of sp³-hybridized carbons (Fsp3) is 0.389. The average Bonchev–Trinajstić information content (AvgIpc) is 3.58. The lowest BCUT2D eigenvalue weighted by Gasteiger charge is -2.27. The zero-order valence-corrected chi connectivity index (χ0v) is 25.2. The van der Waals surface area contributed by atoms with E-state index in [0.717, 1.165) is 67.1 Å². The van der Waals surface area contributed by atoms with Crippen LogP contribution in [0.2, 0.25) is 0 Å². The third kappa shape index (κ3) is 6.70. The second-order valence-corrected chi connectivity index (χ2v) is 11.5. The first-order valence-electron chi connectivity index (χ1n) is 15.2. The number of aliphatic carboxylic acids is 1. The van der Waals surface area contributed by atoms with Crippen LogP contribution in [0.3, 0.4) is 0 Å². The van der Waals surface area contributed by atoms with Crippen LogP contribution in [0.4, 0.5) is 5.69 Å². The number of carboxylic acids is 1. The van der Waals surface area contributed by atoms with Crippen LogP contribution in [-0.4, -0.2) is 29.2 Å². The van der Waals surface area contributed by atoms with Crippen LogP contribution < -0.4 is 9.64 Å². The molecular formula is C36H42N2O4. The number of fused-ring (bicyclic) bond motifs is 1. The molecule has 4 aromatic rings. The van der Waals surface area contributed by atoms with Crippen molar-refractivity contribution in [1.29, 1.82) is 0 Å². The number of hydrogen-bond acceptors (Lipinski definition) is 5. The van der Waals surface area contributed by atoms with Crippen LogP contribution in [0.1, 0.15) is 72.7 Å². The lowest BCUT2D eigenvalue weighted by atomic mass is 9.89. The van der Waals surface area contributed by atoms with E-state index < -0.39 is 5.97 Å². The van der Waals surface area contributed by atoms with Gasteiger partial charge in [-0.25, -0.2) is 4.98 Å². The minimum Gasteiger partial charge on any atom is -0.493 e. The van der Waals surface area contributed by atoms with Crippen LogP contribution in [0.25, 0.3) is 11.5 Å². The number of anilines is 1. The molecule has 5 rings (SSSR count). The van der Waals surface area contributed by atoms with Crippen molar-refractivity contribution < 1.29 is 19.1 Å². The van der Waals surface area contributed by atoms with Crippen molar-refractivity contribution >= 4 is 11.7 Å². The van der Waals surface area contributed by atoms with Gasteiger partial charge in [0.15, 0.2) is 0 Å². The highest BCUT2D eigenvalue weighted by Gasteiger charge is 2.31. The van der Waals surface area contributed by atoms with Crippen molar-refractivity contribution in [2.24, 2.45) is 5.92 Å². The van der Waals surface area contributed by atoms with E-state index in [2.05, 4.69) is 73.3 Å². The number of aromatic nitrogens is 1. The van der Waals surface area contributed by atoms with Crippen molar-refractivity contribution in [1.82, 2.24) is 4.98 Å². The minimum absolute atomic E-state index is 0.0714. The van der Waals surface area contributed by atoms with Crippen LogP contribution >= 0.6 is 0 Å². The van der Waals surface area contributed by atoms with Gasteiger partial charge < -0.3 is 19.2 Å². The molecule has 6 heteroatoms. The Bertz CT molecular complexity index is 1510. The normalized spacial score (nSPS) is 14.9. The number of carboxylic acid groups (broad SMARTS) is 1. The first-order chi connectivity index (χ1) is 20.3. The molecule has 220 valence electrons. The number of aryl methyl sites for hydroxylation is 3. The summed E-state index contributed by atoms with van der Waals surface area (Å²) in [6.07, 6.45) is 4.67. The van der Waals surface area contributed by atoms with Gasteiger partial charge in [-0.15, -0.1) is 0 Å². The largest absolute Gasteiger partial charge is 0.493 e.